The van der Waals surface area contributed by atoms with Gasteiger partial charge in [-0.1, -0.05) is 18.2 Å². The van der Waals surface area contributed by atoms with Crippen molar-refractivity contribution in [2.45, 2.75) is 13.8 Å². The van der Waals surface area contributed by atoms with Gasteiger partial charge in [-0.05, 0) is 61.4 Å². The fourth-order valence-corrected chi connectivity index (χ4v) is 4.52. The van der Waals surface area contributed by atoms with Crippen molar-refractivity contribution in [3.8, 4) is 33.8 Å². The summed E-state index contributed by atoms with van der Waals surface area (Å²) in [7, 11) is 0. The van der Waals surface area contributed by atoms with Gasteiger partial charge in [0.15, 0.2) is 5.36 Å². The number of nitrogens with zero attached hydrogens (tertiary/aromatic N) is 1. The van der Waals surface area contributed by atoms with Crippen molar-refractivity contribution < 1.29 is 24.1 Å². The van der Waals surface area contributed by atoms with Gasteiger partial charge in [0.25, 0.3) is 0 Å². The number of fused-ring (bicyclic) bond motifs is 2. The molecule has 0 bridgehead atoms. The monoisotopic (exact) mass is 481 g/mol. The molecule has 3 N–H and O–H groups in total. The molecule has 0 radical (unpaired) electrons. The summed E-state index contributed by atoms with van der Waals surface area (Å²) in [4.78, 5) is 27.2. The highest BCUT2D eigenvalue weighted by Gasteiger charge is 2.21. The smallest absolute Gasteiger partial charge is 0.347 e. The molecule has 0 fully saturated rings. The second kappa shape index (κ2) is 9.19. The molecular formula is C29H25N2O5+. The van der Waals surface area contributed by atoms with E-state index >= 15 is 0 Å². The van der Waals surface area contributed by atoms with Crippen LogP contribution in [-0.4, -0.2) is 24.2 Å². The normalized spacial score (nSPS) is 11.2. The Morgan fingerprint density at radius 2 is 1.58 bits per heavy atom. The van der Waals surface area contributed by atoms with E-state index in [-0.39, 0.29) is 16.9 Å². The maximum atomic E-state index is 13.1. The van der Waals surface area contributed by atoms with Crippen molar-refractivity contribution in [2.75, 3.05) is 18.0 Å². The topological polar surface area (TPSA) is 109 Å². The van der Waals surface area contributed by atoms with Gasteiger partial charge in [-0.2, -0.15) is 0 Å². The summed E-state index contributed by atoms with van der Waals surface area (Å²) in [5.41, 5.74) is 3.07. The predicted molar refractivity (Wildman–Crippen MR) is 138 cm³/mol. The van der Waals surface area contributed by atoms with Crippen LogP contribution in [-0.2, 0) is 0 Å². The van der Waals surface area contributed by atoms with Crippen LogP contribution < -0.4 is 21.3 Å². The Morgan fingerprint density at radius 3 is 2.33 bits per heavy atom. The van der Waals surface area contributed by atoms with Crippen LogP contribution in [0.2, 0.25) is 0 Å². The first-order valence-corrected chi connectivity index (χ1v) is 11.7. The summed E-state index contributed by atoms with van der Waals surface area (Å²) in [5, 5.41) is 17.0. The van der Waals surface area contributed by atoms with Crippen LogP contribution in [0.1, 0.15) is 24.2 Å². The minimum Gasteiger partial charge on any atom is -0.478 e. The number of aromatic carboxylic acids is 1. The number of carboxylic acid groups (broad SMARTS) is 1. The molecule has 0 saturated carbocycles. The average molecular weight is 482 g/mol. The molecule has 0 spiro atoms. The van der Waals surface area contributed by atoms with Gasteiger partial charge in [0.2, 0.25) is 0 Å². The van der Waals surface area contributed by atoms with Crippen LogP contribution in [0, 0.1) is 0 Å². The van der Waals surface area contributed by atoms with E-state index in [1.165, 1.54) is 0 Å². The van der Waals surface area contributed by atoms with Gasteiger partial charge >= 0.3 is 11.6 Å². The molecule has 3 aromatic rings. The number of nitrogens with two attached hydrogens (primary N) is 1. The van der Waals surface area contributed by atoms with Crippen molar-refractivity contribution in [2.24, 2.45) is 0 Å². The highest BCUT2D eigenvalue weighted by Crippen LogP contribution is 2.38. The lowest BCUT2D eigenvalue weighted by molar-refractivity contribution is -0.172. The molecule has 5 rings (SSSR count). The van der Waals surface area contributed by atoms with Crippen LogP contribution in [0.4, 0.5) is 5.69 Å². The quantitative estimate of drug-likeness (QED) is 0.355. The van der Waals surface area contributed by atoms with Gasteiger partial charge in [0, 0.05) is 41.9 Å². The van der Waals surface area contributed by atoms with E-state index in [9.17, 15) is 14.7 Å². The zero-order valence-electron chi connectivity index (χ0n) is 19.9. The summed E-state index contributed by atoms with van der Waals surface area (Å²) in [6, 6.07) is 21.1. The maximum Gasteiger partial charge on any atom is 0.347 e. The van der Waals surface area contributed by atoms with Gasteiger partial charge < -0.3 is 18.8 Å². The average Bonchev–Trinajstić information content (AvgIpc) is 2.88. The molecule has 0 amide bonds. The van der Waals surface area contributed by atoms with E-state index in [0.29, 0.717) is 33.4 Å². The standard InChI is InChI=1S/C29H24N2O5/c1-3-31(4-2)19-11-9-17-13-24(29(34)36-25(17)15-19)27-16-23(20-7-5-6-8-22(20)28(32)33)21-12-10-18(30)14-26(21)35-27/h5-16,30H,3-4H2,1-2H3,(H,32,33)/p+1. The van der Waals surface area contributed by atoms with Gasteiger partial charge in [0.05, 0.1) is 11.6 Å². The Labute approximate surface area is 206 Å². The first-order chi connectivity index (χ1) is 17.4. The molecule has 1 aliphatic heterocycles. The van der Waals surface area contributed by atoms with Crippen LogP contribution in [0.25, 0.3) is 44.7 Å². The van der Waals surface area contributed by atoms with E-state index in [0.717, 1.165) is 24.2 Å². The highest BCUT2D eigenvalue weighted by atomic mass is 16.4. The summed E-state index contributed by atoms with van der Waals surface area (Å²) in [6.45, 7) is 5.82. The first kappa shape index (κ1) is 23.1. The lowest BCUT2D eigenvalue weighted by Gasteiger charge is -2.21. The molecule has 36 heavy (non-hydrogen) atoms. The maximum absolute atomic E-state index is 13.1. The molecule has 2 aromatic carbocycles. The molecule has 1 aliphatic carbocycles. The van der Waals surface area contributed by atoms with E-state index in [2.05, 4.69) is 18.7 Å². The first-order valence-electron chi connectivity index (χ1n) is 11.7. The molecule has 0 atom stereocenters. The molecule has 2 aliphatic rings. The summed E-state index contributed by atoms with van der Waals surface area (Å²) in [5.74, 6) is -0.364. The second-order valence-corrected chi connectivity index (χ2v) is 8.47. The largest absolute Gasteiger partial charge is 0.478 e. The number of carboxylic acids is 1. The summed E-state index contributed by atoms with van der Waals surface area (Å²) in [6.07, 6.45) is 0. The molecule has 7 heteroatoms. The number of rotatable bonds is 6. The van der Waals surface area contributed by atoms with Crippen LogP contribution in [0.5, 0.6) is 0 Å². The molecular weight excluding hydrogens is 456 g/mol. The van der Waals surface area contributed by atoms with Crippen molar-refractivity contribution in [3.05, 3.63) is 94.1 Å². The van der Waals surface area contributed by atoms with E-state index < -0.39 is 11.6 Å². The fraction of sp³-hybridized carbons (Fsp3) is 0.138. The minimum absolute atomic E-state index is 0.141. The zero-order valence-corrected chi connectivity index (χ0v) is 19.9. The minimum atomic E-state index is -1.05. The molecule has 0 saturated heterocycles. The summed E-state index contributed by atoms with van der Waals surface area (Å²) < 4.78 is 11.8. The Hall–Kier alpha value is -4.65. The predicted octanol–water partition coefficient (Wildman–Crippen LogP) is 4.03. The van der Waals surface area contributed by atoms with Crippen LogP contribution in [0.3, 0.4) is 0 Å². The fourth-order valence-electron chi connectivity index (χ4n) is 4.52. The SMILES string of the molecule is CCN(CC)c1ccc2cc(-c3cc(-c4ccccc4C(=O)O)c4ccc(=[NH2+])cc-4o3)c(=O)oc2c1. The second-order valence-electron chi connectivity index (χ2n) is 8.47. The lowest BCUT2D eigenvalue weighted by atomic mass is 9.93. The third-order valence-corrected chi connectivity index (χ3v) is 6.35. The number of anilines is 1. The lowest BCUT2D eigenvalue weighted by Crippen LogP contribution is -2.44. The van der Waals surface area contributed by atoms with Gasteiger partial charge in [-0.25, -0.2) is 9.59 Å². The third-order valence-electron chi connectivity index (χ3n) is 6.35. The van der Waals surface area contributed by atoms with Crippen molar-refractivity contribution in [3.63, 3.8) is 0 Å². The number of hydrogen-bond donors (Lipinski definition) is 2. The van der Waals surface area contributed by atoms with Crippen molar-refractivity contribution in [1.82, 2.24) is 0 Å². The molecule has 1 aromatic heterocycles. The van der Waals surface area contributed by atoms with E-state index in [1.54, 1.807) is 54.6 Å². The van der Waals surface area contributed by atoms with Crippen LogP contribution >= 0.6 is 0 Å². The number of benzene rings is 3. The van der Waals surface area contributed by atoms with Gasteiger partial charge in [-0.15, -0.1) is 0 Å². The Kier molecular flexibility index (Phi) is 5.90. The Morgan fingerprint density at radius 1 is 0.833 bits per heavy atom. The number of hydrogen-bond acceptors (Lipinski definition) is 5. The van der Waals surface area contributed by atoms with E-state index in [1.807, 2.05) is 18.2 Å². The van der Waals surface area contributed by atoms with Gasteiger partial charge in [0.1, 0.15) is 22.7 Å². The third kappa shape index (κ3) is 4.05. The number of carbonyl (C=O) groups is 1. The summed E-state index contributed by atoms with van der Waals surface area (Å²) >= 11 is 0. The molecule has 7 nitrogen and oxygen atoms in total. The Balaban J connectivity index is 1.75. The Bertz CT molecular complexity index is 1690. The molecule has 2 heterocycles. The zero-order chi connectivity index (χ0) is 25.4. The van der Waals surface area contributed by atoms with Gasteiger partial charge in [-0.3, -0.25) is 5.41 Å². The van der Waals surface area contributed by atoms with Crippen LogP contribution in [0.15, 0.2) is 86.4 Å². The van der Waals surface area contributed by atoms with E-state index in [4.69, 9.17) is 14.2 Å². The van der Waals surface area contributed by atoms with Crippen molar-refractivity contribution >= 4 is 22.6 Å². The molecule has 180 valence electrons. The van der Waals surface area contributed by atoms with Crippen molar-refractivity contribution in [1.29, 1.82) is 0 Å². The molecule has 0 unspecified atom stereocenters. The highest BCUT2D eigenvalue weighted by molar-refractivity contribution is 5.99.